The first-order valence-electron chi connectivity index (χ1n) is 18.4. The maximum atomic E-state index is 15.4. The summed E-state index contributed by atoms with van der Waals surface area (Å²) in [5, 5.41) is 0. The van der Waals surface area contributed by atoms with Gasteiger partial charge in [0.15, 0.2) is 76.0 Å². The molecule has 0 unspecified atom stereocenters. The predicted molar refractivity (Wildman–Crippen MR) is 191 cm³/mol. The van der Waals surface area contributed by atoms with E-state index in [2.05, 4.69) is 11.1 Å². The fraction of sp³-hybridized carbons (Fsp3) is 0.119. The number of Topliss-reactive ketones (excluding diaryl/α,β-unsaturated/α-hetero) is 1. The summed E-state index contributed by atoms with van der Waals surface area (Å²) >= 11 is 0. The Labute approximate surface area is 356 Å². The summed E-state index contributed by atoms with van der Waals surface area (Å²) in [7, 11) is 0. The van der Waals surface area contributed by atoms with Gasteiger partial charge >= 0.3 is 0 Å². The highest BCUT2D eigenvalue weighted by molar-refractivity contribution is 7.20. The second kappa shape index (κ2) is 18.6. The van der Waals surface area contributed by atoms with Crippen molar-refractivity contribution in [1.82, 2.24) is 4.98 Å². The number of carbonyl (C=O) groups excluding carboxylic acids is 1. The summed E-state index contributed by atoms with van der Waals surface area (Å²) in [5.74, 6) is -71.3. The molecule has 0 saturated carbocycles. The number of halogens is 20. The molecule has 346 valence electrons. The molecule has 24 heteroatoms. The molecular formula is C42H19BF20N2O. The number of hydrogen-bond acceptors (Lipinski definition) is 2. The maximum absolute atomic E-state index is 15.4. The number of allylic oxidation sites excluding steroid dienone is 2. The van der Waals surface area contributed by atoms with Crippen molar-refractivity contribution >= 4 is 39.4 Å². The minimum atomic E-state index is -7.22. The third kappa shape index (κ3) is 7.82. The molecule has 0 aliphatic heterocycles. The van der Waals surface area contributed by atoms with Crippen molar-refractivity contribution in [2.75, 3.05) is 0 Å². The Kier molecular flexibility index (Phi) is 13.7. The zero-order valence-corrected chi connectivity index (χ0v) is 32.2. The van der Waals surface area contributed by atoms with Crippen LogP contribution in [0.15, 0.2) is 55.0 Å². The highest BCUT2D eigenvalue weighted by Gasteiger charge is 2.52. The SMILES string of the molecule is Fc1c(F)c(F)c([B-](c2c(F)c(F)c(F)c(F)c2F)(c2c(F)c(F)c(F)c(F)c2F)c2c(F)c(F)c(F)c(F)c2F)c(F)c1F.O=C(C[n+]1ccncc1C1=CCCCC1)c1ccccc1. The first-order valence-corrected chi connectivity index (χ1v) is 18.4. The minimum absolute atomic E-state index is 0.129. The first-order chi connectivity index (χ1) is 31.0. The molecule has 6 aromatic rings. The Bertz CT molecular complexity index is 2600. The van der Waals surface area contributed by atoms with E-state index in [0.29, 0.717) is 6.54 Å². The van der Waals surface area contributed by atoms with Crippen molar-refractivity contribution < 1.29 is 97.2 Å². The molecule has 66 heavy (non-hydrogen) atoms. The van der Waals surface area contributed by atoms with Crippen LogP contribution in [0.25, 0.3) is 5.57 Å². The molecule has 0 bridgehead atoms. The molecule has 7 rings (SSSR count). The van der Waals surface area contributed by atoms with Gasteiger partial charge in [-0.3, -0.25) is 9.78 Å². The highest BCUT2D eigenvalue weighted by Crippen LogP contribution is 2.31. The van der Waals surface area contributed by atoms with Gasteiger partial charge in [0, 0.05) is 11.1 Å². The van der Waals surface area contributed by atoms with E-state index in [4.69, 9.17) is 0 Å². The standard InChI is InChI=1S/C24BF20.C18H19N2O/c26-5-1(6(27)14(35)21(42)13(5)34)25(2-7(28)15(36)22(43)16(37)8(2)29,3-9(30)17(38)23(44)18(39)10(3)31)4-11(32)19(40)24(45)20(41)12(4)33;21-18(16-9-5-2-6-10-16)14-20-12-11-19-13-17(20)15-7-3-1-4-8-15/h;2,5-7,9-13H,1,3-4,8,14H2/q-1;+1. The Morgan fingerprint density at radius 1 is 0.470 bits per heavy atom. The fourth-order valence-electron chi connectivity index (χ4n) is 7.61. The quantitative estimate of drug-likeness (QED) is 0.0382. The third-order valence-corrected chi connectivity index (χ3v) is 10.6. The molecule has 1 heterocycles. The Hall–Kier alpha value is -6.75. The number of carbonyl (C=O) groups is 1. The van der Waals surface area contributed by atoms with Crippen LogP contribution in [0.3, 0.4) is 0 Å². The van der Waals surface area contributed by atoms with Gasteiger partial charge in [-0.1, -0.05) is 36.4 Å². The van der Waals surface area contributed by atoms with Gasteiger partial charge in [0.25, 0.3) is 0 Å². The largest absolute Gasteiger partial charge is 0.287 e. The van der Waals surface area contributed by atoms with Gasteiger partial charge in [0.2, 0.25) is 18.0 Å². The van der Waals surface area contributed by atoms with E-state index in [9.17, 15) is 57.5 Å². The smallest absolute Gasteiger partial charge is 0.227 e. The molecule has 1 aromatic heterocycles. The molecule has 1 aliphatic rings. The third-order valence-electron chi connectivity index (χ3n) is 10.6. The number of nitrogens with zero attached hydrogens (tertiary/aromatic N) is 2. The van der Waals surface area contributed by atoms with Crippen LogP contribution in [0.4, 0.5) is 87.8 Å². The molecule has 0 N–H and O–H groups in total. The summed E-state index contributed by atoms with van der Waals surface area (Å²) in [6.45, 7) is 0.360. The van der Waals surface area contributed by atoms with Crippen molar-refractivity contribution in [3.05, 3.63) is 183 Å². The minimum Gasteiger partial charge on any atom is -0.287 e. The Morgan fingerprint density at radius 2 is 0.803 bits per heavy atom. The molecule has 0 saturated heterocycles. The lowest BCUT2D eigenvalue weighted by Crippen LogP contribution is -2.81. The van der Waals surface area contributed by atoms with E-state index in [-0.39, 0.29) is 5.78 Å². The van der Waals surface area contributed by atoms with Gasteiger partial charge in [-0.15, -0.1) is 21.9 Å². The monoisotopic (exact) mass is 958 g/mol. The summed E-state index contributed by atoms with van der Waals surface area (Å²) in [4.78, 5) is 16.6. The fourth-order valence-corrected chi connectivity index (χ4v) is 7.61. The van der Waals surface area contributed by atoms with E-state index in [1.54, 1.807) is 6.20 Å². The van der Waals surface area contributed by atoms with Gasteiger partial charge in [0.1, 0.15) is 52.7 Å². The number of aromatic nitrogens is 2. The Morgan fingerprint density at radius 3 is 1.12 bits per heavy atom. The van der Waals surface area contributed by atoms with Crippen molar-refractivity contribution in [2.45, 2.75) is 32.2 Å². The lowest BCUT2D eigenvalue weighted by molar-refractivity contribution is -0.686. The van der Waals surface area contributed by atoms with Gasteiger partial charge < -0.3 is 0 Å². The summed E-state index contributed by atoms with van der Waals surface area (Å²) < 4.78 is 296. The lowest BCUT2D eigenvalue weighted by Gasteiger charge is -2.44. The molecule has 3 nitrogen and oxygen atoms in total. The van der Waals surface area contributed by atoms with Crippen molar-refractivity contribution in [3.63, 3.8) is 0 Å². The van der Waals surface area contributed by atoms with Crippen LogP contribution in [-0.4, -0.2) is 16.9 Å². The van der Waals surface area contributed by atoms with Crippen LogP contribution < -0.4 is 26.4 Å². The molecule has 0 fully saturated rings. The van der Waals surface area contributed by atoms with Gasteiger partial charge in [-0.05, 0) is 25.7 Å². The van der Waals surface area contributed by atoms with Crippen LogP contribution in [-0.2, 0) is 6.54 Å². The van der Waals surface area contributed by atoms with Crippen molar-refractivity contribution in [3.8, 4) is 0 Å². The zero-order chi connectivity index (χ0) is 48.8. The molecule has 0 radical (unpaired) electrons. The second-order valence-electron chi connectivity index (χ2n) is 14.2. The summed E-state index contributed by atoms with van der Waals surface area (Å²) in [5.41, 5.74) is -11.2. The Balaban J connectivity index is 0.000000284. The molecule has 0 spiro atoms. The summed E-state index contributed by atoms with van der Waals surface area (Å²) in [6, 6.07) is 9.45. The van der Waals surface area contributed by atoms with Crippen LogP contribution in [0.2, 0.25) is 0 Å². The van der Waals surface area contributed by atoms with E-state index in [1.165, 1.54) is 18.4 Å². The van der Waals surface area contributed by atoms with Crippen LogP contribution in [0.5, 0.6) is 0 Å². The highest BCUT2D eigenvalue weighted by atomic mass is 19.2. The van der Waals surface area contributed by atoms with Gasteiger partial charge in [-0.2, -0.15) is 4.57 Å². The molecule has 5 aromatic carbocycles. The normalized spacial score (nSPS) is 12.8. The van der Waals surface area contributed by atoms with Crippen molar-refractivity contribution in [2.24, 2.45) is 0 Å². The zero-order valence-electron chi connectivity index (χ0n) is 32.2. The van der Waals surface area contributed by atoms with Crippen LogP contribution >= 0.6 is 0 Å². The van der Waals surface area contributed by atoms with Crippen LogP contribution in [0.1, 0.15) is 41.7 Å². The molecule has 1 aliphatic carbocycles. The van der Waals surface area contributed by atoms with E-state index in [1.807, 2.05) is 47.3 Å². The number of hydrogen-bond donors (Lipinski definition) is 0. The number of ketones is 1. The summed E-state index contributed by atoms with van der Waals surface area (Å²) in [6.07, 6.45) is 5.24. The van der Waals surface area contributed by atoms with Crippen LogP contribution in [0, 0.1) is 116 Å². The van der Waals surface area contributed by atoms with E-state index in [0.717, 1.165) is 24.1 Å². The topological polar surface area (TPSA) is 33.8 Å². The average molecular weight is 958 g/mol. The van der Waals surface area contributed by atoms with Crippen molar-refractivity contribution in [1.29, 1.82) is 0 Å². The molecule has 0 amide bonds. The van der Waals surface area contributed by atoms with E-state index < -0.39 is 144 Å². The average Bonchev–Trinajstić information content (AvgIpc) is 3.32. The molecular weight excluding hydrogens is 939 g/mol. The van der Waals surface area contributed by atoms with Gasteiger partial charge in [-0.25, -0.2) is 87.8 Å². The van der Waals surface area contributed by atoms with Gasteiger partial charge in [0.05, 0.1) is 12.4 Å². The van der Waals surface area contributed by atoms with E-state index >= 15 is 35.1 Å². The molecule has 0 atom stereocenters. The maximum Gasteiger partial charge on any atom is 0.227 e. The predicted octanol–water partition coefficient (Wildman–Crippen LogP) is 9.06. The number of rotatable bonds is 8. The second-order valence-corrected chi connectivity index (χ2v) is 14.2. The number of benzene rings is 5. The lowest BCUT2D eigenvalue weighted by atomic mass is 9.12. The first kappa shape index (κ1) is 48.7.